The molecule has 2 rings (SSSR count). The molecular formula is C15H13ClN2. The highest BCUT2D eigenvalue weighted by Crippen LogP contribution is 2.19. The summed E-state index contributed by atoms with van der Waals surface area (Å²) in [4.78, 5) is 0. The van der Waals surface area contributed by atoms with E-state index >= 15 is 0 Å². The molecule has 0 fully saturated rings. The van der Waals surface area contributed by atoms with Crippen LogP contribution < -0.4 is 5.32 Å². The second-order valence-corrected chi connectivity index (χ2v) is 4.55. The Balaban J connectivity index is 2.09. The van der Waals surface area contributed by atoms with Crippen LogP contribution in [0.4, 0.5) is 5.69 Å². The first kappa shape index (κ1) is 12.5. The second-order valence-electron chi connectivity index (χ2n) is 4.14. The summed E-state index contributed by atoms with van der Waals surface area (Å²) in [6.45, 7) is 2.66. The van der Waals surface area contributed by atoms with E-state index in [0.29, 0.717) is 12.1 Å². The first-order valence-corrected chi connectivity index (χ1v) is 6.06. The van der Waals surface area contributed by atoms with Gasteiger partial charge in [0.05, 0.1) is 11.6 Å². The molecule has 0 saturated carbocycles. The molecule has 0 atom stereocenters. The monoisotopic (exact) mass is 256 g/mol. The minimum absolute atomic E-state index is 0.647. The van der Waals surface area contributed by atoms with Crippen molar-refractivity contribution in [3.8, 4) is 6.07 Å². The summed E-state index contributed by atoms with van der Waals surface area (Å²) in [5.41, 5.74) is 3.76. The van der Waals surface area contributed by atoms with Gasteiger partial charge in [-0.15, -0.1) is 0 Å². The lowest BCUT2D eigenvalue weighted by Crippen LogP contribution is -2.00. The Kier molecular flexibility index (Phi) is 3.86. The Morgan fingerprint density at radius 2 is 2.06 bits per heavy atom. The van der Waals surface area contributed by atoms with Gasteiger partial charge in [-0.1, -0.05) is 29.8 Å². The van der Waals surface area contributed by atoms with E-state index in [1.807, 2.05) is 43.3 Å². The summed E-state index contributed by atoms with van der Waals surface area (Å²) in [6, 6.07) is 15.5. The van der Waals surface area contributed by atoms with E-state index in [1.54, 1.807) is 6.07 Å². The lowest BCUT2D eigenvalue weighted by Gasteiger charge is -2.09. The van der Waals surface area contributed by atoms with E-state index in [0.717, 1.165) is 21.8 Å². The van der Waals surface area contributed by atoms with Crippen molar-refractivity contribution in [3.05, 3.63) is 64.2 Å². The van der Waals surface area contributed by atoms with Crippen molar-refractivity contribution < 1.29 is 0 Å². The SMILES string of the molecule is Cc1ccc(CNc2cccc(C#N)c2)c(Cl)c1. The second kappa shape index (κ2) is 5.57. The lowest BCUT2D eigenvalue weighted by molar-refractivity contribution is 1.14. The number of nitrogens with zero attached hydrogens (tertiary/aromatic N) is 1. The highest BCUT2D eigenvalue weighted by atomic mass is 35.5. The lowest BCUT2D eigenvalue weighted by atomic mass is 10.1. The predicted octanol–water partition coefficient (Wildman–Crippen LogP) is 4.13. The van der Waals surface area contributed by atoms with Crippen LogP contribution in [0.1, 0.15) is 16.7 Å². The van der Waals surface area contributed by atoms with Crippen LogP contribution in [0.15, 0.2) is 42.5 Å². The normalized spacial score (nSPS) is 9.83. The molecule has 2 nitrogen and oxygen atoms in total. The van der Waals surface area contributed by atoms with E-state index in [1.165, 1.54) is 0 Å². The molecule has 0 aliphatic carbocycles. The third-order valence-electron chi connectivity index (χ3n) is 2.68. The van der Waals surface area contributed by atoms with Gasteiger partial charge in [0.15, 0.2) is 0 Å². The molecule has 0 aromatic heterocycles. The van der Waals surface area contributed by atoms with E-state index in [2.05, 4.69) is 11.4 Å². The fourth-order valence-electron chi connectivity index (χ4n) is 1.69. The highest BCUT2D eigenvalue weighted by Gasteiger charge is 2.01. The number of nitrogens with one attached hydrogen (secondary N) is 1. The van der Waals surface area contributed by atoms with Crippen molar-refractivity contribution in [3.63, 3.8) is 0 Å². The van der Waals surface area contributed by atoms with Crippen molar-refractivity contribution in [1.29, 1.82) is 5.26 Å². The van der Waals surface area contributed by atoms with Gasteiger partial charge >= 0.3 is 0 Å². The van der Waals surface area contributed by atoms with Gasteiger partial charge in [-0.2, -0.15) is 5.26 Å². The quantitative estimate of drug-likeness (QED) is 0.896. The van der Waals surface area contributed by atoms with Crippen LogP contribution >= 0.6 is 11.6 Å². The van der Waals surface area contributed by atoms with Crippen molar-refractivity contribution in [1.82, 2.24) is 0 Å². The third-order valence-corrected chi connectivity index (χ3v) is 3.04. The van der Waals surface area contributed by atoms with Crippen molar-refractivity contribution in [2.45, 2.75) is 13.5 Å². The molecule has 0 unspecified atom stereocenters. The molecule has 0 amide bonds. The molecule has 0 radical (unpaired) electrons. The van der Waals surface area contributed by atoms with Gasteiger partial charge in [0.25, 0.3) is 0 Å². The fourth-order valence-corrected chi connectivity index (χ4v) is 1.99. The summed E-state index contributed by atoms with van der Waals surface area (Å²) < 4.78 is 0. The number of halogens is 1. The van der Waals surface area contributed by atoms with Crippen LogP contribution in [0.3, 0.4) is 0 Å². The Labute approximate surface area is 112 Å². The van der Waals surface area contributed by atoms with E-state index in [-0.39, 0.29) is 0 Å². The number of rotatable bonds is 3. The molecule has 2 aromatic carbocycles. The summed E-state index contributed by atoms with van der Waals surface area (Å²) in [7, 11) is 0. The summed E-state index contributed by atoms with van der Waals surface area (Å²) in [6.07, 6.45) is 0. The van der Waals surface area contributed by atoms with E-state index in [4.69, 9.17) is 16.9 Å². The molecule has 1 N–H and O–H groups in total. The summed E-state index contributed by atoms with van der Waals surface area (Å²) in [5.74, 6) is 0. The minimum atomic E-state index is 0.647. The first-order chi connectivity index (χ1) is 8.69. The zero-order valence-electron chi connectivity index (χ0n) is 10.1. The molecule has 18 heavy (non-hydrogen) atoms. The van der Waals surface area contributed by atoms with Crippen LogP contribution in [0.2, 0.25) is 5.02 Å². The van der Waals surface area contributed by atoms with Crippen LogP contribution in [0.25, 0.3) is 0 Å². The molecule has 2 aromatic rings. The molecule has 90 valence electrons. The van der Waals surface area contributed by atoms with Gasteiger partial charge in [-0.3, -0.25) is 0 Å². The standard InChI is InChI=1S/C15H13ClN2/c1-11-5-6-13(15(16)7-11)10-18-14-4-2-3-12(8-14)9-17/h2-8,18H,10H2,1H3. The van der Waals surface area contributed by atoms with Crippen LogP contribution in [0, 0.1) is 18.3 Å². The van der Waals surface area contributed by atoms with Crippen molar-refractivity contribution in [2.75, 3.05) is 5.32 Å². The zero-order valence-corrected chi connectivity index (χ0v) is 10.8. The molecule has 0 saturated heterocycles. The fraction of sp³-hybridized carbons (Fsp3) is 0.133. The number of hydrogen-bond acceptors (Lipinski definition) is 2. The van der Waals surface area contributed by atoms with Gasteiger partial charge in [0.1, 0.15) is 0 Å². The van der Waals surface area contributed by atoms with Crippen molar-refractivity contribution >= 4 is 17.3 Å². The van der Waals surface area contributed by atoms with Gasteiger partial charge in [0, 0.05) is 17.3 Å². The van der Waals surface area contributed by atoms with Gasteiger partial charge < -0.3 is 5.32 Å². The molecule has 0 aliphatic rings. The van der Waals surface area contributed by atoms with Crippen LogP contribution in [-0.2, 0) is 6.54 Å². The summed E-state index contributed by atoms with van der Waals surface area (Å²) in [5, 5.41) is 12.8. The molecular weight excluding hydrogens is 244 g/mol. The average Bonchev–Trinajstić information content (AvgIpc) is 2.38. The predicted molar refractivity (Wildman–Crippen MR) is 74.7 cm³/mol. The van der Waals surface area contributed by atoms with Crippen molar-refractivity contribution in [2.24, 2.45) is 0 Å². The van der Waals surface area contributed by atoms with Crippen LogP contribution in [0.5, 0.6) is 0 Å². The minimum Gasteiger partial charge on any atom is -0.381 e. The van der Waals surface area contributed by atoms with E-state index < -0.39 is 0 Å². The largest absolute Gasteiger partial charge is 0.381 e. The Hall–Kier alpha value is -1.98. The van der Waals surface area contributed by atoms with Gasteiger partial charge in [0.2, 0.25) is 0 Å². The highest BCUT2D eigenvalue weighted by molar-refractivity contribution is 6.31. The Morgan fingerprint density at radius 1 is 1.22 bits per heavy atom. The zero-order chi connectivity index (χ0) is 13.0. The molecule has 3 heteroatoms. The maximum atomic E-state index is 8.82. The Bertz CT molecular complexity index is 600. The number of anilines is 1. The molecule has 0 aliphatic heterocycles. The van der Waals surface area contributed by atoms with Gasteiger partial charge in [-0.05, 0) is 42.3 Å². The number of benzene rings is 2. The Morgan fingerprint density at radius 3 is 2.78 bits per heavy atom. The average molecular weight is 257 g/mol. The van der Waals surface area contributed by atoms with Gasteiger partial charge in [-0.25, -0.2) is 0 Å². The molecule has 0 heterocycles. The maximum absolute atomic E-state index is 8.82. The number of nitriles is 1. The van der Waals surface area contributed by atoms with Crippen LogP contribution in [-0.4, -0.2) is 0 Å². The molecule has 0 bridgehead atoms. The smallest absolute Gasteiger partial charge is 0.0992 e. The van der Waals surface area contributed by atoms with E-state index in [9.17, 15) is 0 Å². The third kappa shape index (κ3) is 3.03. The summed E-state index contributed by atoms with van der Waals surface area (Å²) >= 11 is 6.16. The number of hydrogen-bond donors (Lipinski definition) is 1. The maximum Gasteiger partial charge on any atom is 0.0992 e. The molecule has 0 spiro atoms. The number of aryl methyl sites for hydroxylation is 1. The first-order valence-electron chi connectivity index (χ1n) is 5.68. The topological polar surface area (TPSA) is 35.8 Å².